The summed E-state index contributed by atoms with van der Waals surface area (Å²) in [7, 11) is -3.96. The second kappa shape index (κ2) is 8.87. The maximum Gasteiger partial charge on any atom is 0.159 e. The molecule has 0 atom stereocenters. The number of rotatable bonds is 4. The van der Waals surface area contributed by atoms with E-state index < -0.39 is 16.1 Å². The van der Waals surface area contributed by atoms with E-state index in [1.165, 1.54) is 27.2 Å². The van der Waals surface area contributed by atoms with Crippen LogP contribution in [-0.4, -0.2) is 26.1 Å². The zero-order chi connectivity index (χ0) is 25.7. The van der Waals surface area contributed by atoms with Crippen LogP contribution in [0.5, 0.6) is 0 Å². The molecule has 182 valence electrons. The summed E-state index contributed by atoms with van der Waals surface area (Å²) in [6, 6.07) is 17.6. The van der Waals surface area contributed by atoms with Gasteiger partial charge in [-0.15, -0.1) is 0 Å². The Kier molecular flexibility index (Phi) is 6.93. The molecule has 34 heavy (non-hydrogen) atoms. The van der Waals surface area contributed by atoms with Crippen LogP contribution in [0.25, 0.3) is 22.6 Å². The number of hydrogen-bond acceptors (Lipinski definition) is 2. The largest absolute Gasteiger partial charge is 0.238 e. The Bertz CT molecular complexity index is 1160. The number of benzene rings is 2. The Morgan fingerprint density at radius 3 is 1.38 bits per heavy atom. The topological polar surface area (TPSA) is 25.8 Å². The van der Waals surface area contributed by atoms with E-state index in [2.05, 4.69) is 130 Å². The Labute approximate surface area is 210 Å². The lowest BCUT2D eigenvalue weighted by atomic mass is 10.1. The Morgan fingerprint density at radius 2 is 0.971 bits per heavy atom. The van der Waals surface area contributed by atoms with Crippen LogP contribution in [0.15, 0.2) is 48.5 Å². The second-order valence-electron chi connectivity index (χ2n) is 13.1. The summed E-state index contributed by atoms with van der Waals surface area (Å²) in [6.07, 6.45) is 0. The molecule has 0 N–H and O–H groups in total. The third kappa shape index (κ3) is 4.85. The zero-order valence-corrected chi connectivity index (χ0v) is 25.5. The SMILES string of the molecule is Cc1ccc(-c2nc(-c3ccc(C)cc3)c([Si](C)(C)C(C)(C)C)c([Si](C)(C)C(C)(C)C)n2)cc1. The van der Waals surface area contributed by atoms with E-state index in [0.29, 0.717) is 0 Å². The third-order valence-electron chi connectivity index (χ3n) is 8.51. The maximum absolute atomic E-state index is 5.48. The summed E-state index contributed by atoms with van der Waals surface area (Å²) in [5, 5.41) is 3.17. The zero-order valence-electron chi connectivity index (χ0n) is 23.5. The molecule has 2 nitrogen and oxygen atoms in total. The van der Waals surface area contributed by atoms with Crippen molar-refractivity contribution in [3.63, 3.8) is 0 Å². The molecule has 0 fully saturated rings. The molecule has 3 aromatic rings. The fourth-order valence-electron chi connectivity index (χ4n) is 3.99. The first kappa shape index (κ1) is 26.6. The van der Waals surface area contributed by atoms with E-state index in [1.807, 2.05) is 0 Å². The highest BCUT2D eigenvalue weighted by atomic mass is 28.3. The standard InChI is InChI=1S/C30H44N2Si2/c1-21-13-17-23(18-14-21)25-26(33(9,10)29(3,4)5)28(34(11,12)30(6,7)8)32-27(31-25)24-19-15-22(2)16-20-24/h13-20H,1-12H3. The van der Waals surface area contributed by atoms with Gasteiger partial charge in [-0.1, -0.05) is 127 Å². The average Bonchev–Trinajstić information content (AvgIpc) is 2.72. The lowest BCUT2D eigenvalue weighted by molar-refractivity contribution is 0.724. The molecule has 1 heterocycles. The molecular formula is C30H44N2Si2. The normalized spacial score (nSPS) is 13.3. The van der Waals surface area contributed by atoms with Crippen molar-refractivity contribution >= 4 is 26.7 Å². The van der Waals surface area contributed by atoms with Gasteiger partial charge in [0.1, 0.15) is 8.07 Å². The molecule has 0 radical (unpaired) electrons. The van der Waals surface area contributed by atoms with Gasteiger partial charge >= 0.3 is 0 Å². The monoisotopic (exact) mass is 488 g/mol. The van der Waals surface area contributed by atoms with Crippen LogP contribution in [0.2, 0.25) is 36.3 Å². The van der Waals surface area contributed by atoms with Gasteiger partial charge in [-0.25, -0.2) is 9.97 Å². The van der Waals surface area contributed by atoms with Gasteiger partial charge in [-0.3, -0.25) is 0 Å². The molecule has 0 unspecified atom stereocenters. The molecule has 3 rings (SSSR count). The van der Waals surface area contributed by atoms with Gasteiger partial charge in [0.25, 0.3) is 0 Å². The van der Waals surface area contributed by atoms with E-state index in [-0.39, 0.29) is 10.1 Å². The summed E-state index contributed by atoms with van der Waals surface area (Å²) < 4.78 is 0. The Balaban J connectivity index is 2.52. The first-order valence-corrected chi connectivity index (χ1v) is 18.5. The number of aromatic nitrogens is 2. The van der Waals surface area contributed by atoms with Crippen LogP contribution in [0.1, 0.15) is 52.7 Å². The highest BCUT2D eigenvalue weighted by Crippen LogP contribution is 2.40. The first-order chi connectivity index (χ1) is 15.5. The molecule has 0 bridgehead atoms. The lowest BCUT2D eigenvalue weighted by Crippen LogP contribution is -2.66. The van der Waals surface area contributed by atoms with Crippen molar-refractivity contribution in [3.05, 3.63) is 59.7 Å². The van der Waals surface area contributed by atoms with Gasteiger partial charge in [-0.2, -0.15) is 0 Å². The molecule has 0 saturated heterocycles. The molecule has 4 heteroatoms. The number of hydrogen-bond donors (Lipinski definition) is 0. The fourth-order valence-corrected chi connectivity index (χ4v) is 9.89. The minimum absolute atomic E-state index is 0.174. The average molecular weight is 489 g/mol. The van der Waals surface area contributed by atoms with Crippen molar-refractivity contribution < 1.29 is 0 Å². The highest BCUT2D eigenvalue weighted by Gasteiger charge is 2.47. The smallest absolute Gasteiger partial charge is 0.159 e. The minimum atomic E-state index is -1.98. The number of aryl methyl sites for hydroxylation is 2. The van der Waals surface area contributed by atoms with Crippen LogP contribution in [0.3, 0.4) is 0 Å². The van der Waals surface area contributed by atoms with Crippen LogP contribution in [0.4, 0.5) is 0 Å². The summed E-state index contributed by atoms with van der Waals surface area (Å²) in [5.74, 6) is 0.859. The quantitative estimate of drug-likeness (QED) is 0.349. The van der Waals surface area contributed by atoms with Gasteiger partial charge in [-0.05, 0) is 29.1 Å². The molecular weight excluding hydrogens is 445 g/mol. The molecule has 2 aromatic carbocycles. The van der Waals surface area contributed by atoms with Crippen molar-refractivity contribution in [3.8, 4) is 22.6 Å². The third-order valence-corrected chi connectivity index (χ3v) is 19.5. The highest BCUT2D eigenvalue weighted by molar-refractivity contribution is 7.01. The van der Waals surface area contributed by atoms with E-state index in [1.54, 1.807) is 0 Å². The predicted octanol–water partition coefficient (Wildman–Crippen LogP) is 7.86. The number of nitrogens with zero attached hydrogens (tertiary/aromatic N) is 2. The van der Waals surface area contributed by atoms with Crippen molar-refractivity contribution in [2.45, 2.75) is 91.7 Å². The Hall–Kier alpha value is -2.05. The van der Waals surface area contributed by atoms with E-state index >= 15 is 0 Å². The van der Waals surface area contributed by atoms with Crippen molar-refractivity contribution in [1.29, 1.82) is 0 Å². The van der Waals surface area contributed by atoms with Crippen molar-refractivity contribution in [2.75, 3.05) is 0 Å². The van der Waals surface area contributed by atoms with E-state index in [4.69, 9.17) is 9.97 Å². The summed E-state index contributed by atoms with van der Waals surface area (Å²) >= 11 is 0. The van der Waals surface area contributed by atoms with Crippen molar-refractivity contribution in [2.24, 2.45) is 0 Å². The fraction of sp³-hybridized carbons (Fsp3) is 0.467. The second-order valence-corrected chi connectivity index (χ2v) is 23.6. The summed E-state index contributed by atoms with van der Waals surface area (Å²) in [4.78, 5) is 10.8. The molecule has 0 aliphatic carbocycles. The van der Waals surface area contributed by atoms with Crippen LogP contribution in [-0.2, 0) is 0 Å². The Morgan fingerprint density at radius 1 is 0.559 bits per heavy atom. The lowest BCUT2D eigenvalue weighted by Gasteiger charge is -2.44. The molecule has 0 amide bonds. The first-order valence-electron chi connectivity index (χ1n) is 12.5. The van der Waals surface area contributed by atoms with Crippen LogP contribution in [0, 0.1) is 13.8 Å². The van der Waals surface area contributed by atoms with Crippen LogP contribution < -0.4 is 10.5 Å². The van der Waals surface area contributed by atoms with Gasteiger partial charge in [0.05, 0.1) is 13.8 Å². The summed E-state index contributed by atoms with van der Waals surface area (Å²) in [6.45, 7) is 28.7. The molecule has 0 saturated carbocycles. The molecule has 0 spiro atoms. The van der Waals surface area contributed by atoms with Gasteiger partial charge in [0.15, 0.2) is 5.82 Å². The molecule has 0 aliphatic rings. The van der Waals surface area contributed by atoms with E-state index in [9.17, 15) is 0 Å². The molecule has 1 aromatic heterocycles. The van der Waals surface area contributed by atoms with Gasteiger partial charge in [0.2, 0.25) is 0 Å². The van der Waals surface area contributed by atoms with Crippen molar-refractivity contribution in [1.82, 2.24) is 9.97 Å². The maximum atomic E-state index is 5.48. The van der Waals surface area contributed by atoms with Crippen LogP contribution >= 0.6 is 0 Å². The van der Waals surface area contributed by atoms with E-state index in [0.717, 1.165) is 17.1 Å². The van der Waals surface area contributed by atoms with Gasteiger partial charge < -0.3 is 0 Å². The predicted molar refractivity (Wildman–Crippen MR) is 156 cm³/mol. The summed E-state index contributed by atoms with van der Waals surface area (Å²) in [5.41, 5.74) is 5.99. The molecule has 0 aliphatic heterocycles. The van der Waals surface area contributed by atoms with Gasteiger partial charge in [0, 0.05) is 16.4 Å². The minimum Gasteiger partial charge on any atom is -0.238 e.